The van der Waals surface area contributed by atoms with Crippen LogP contribution in [0.1, 0.15) is 0 Å². The van der Waals surface area contributed by atoms with E-state index in [9.17, 15) is 0 Å². The Bertz CT molecular complexity index is 529. The van der Waals surface area contributed by atoms with Gasteiger partial charge in [0.2, 0.25) is 0 Å². The van der Waals surface area contributed by atoms with Crippen molar-refractivity contribution in [3.8, 4) is 11.5 Å². The molecule has 0 aliphatic carbocycles. The average Bonchev–Trinajstić information content (AvgIpc) is 2.48. The Morgan fingerprint density at radius 2 is 1.58 bits per heavy atom. The van der Waals surface area contributed by atoms with E-state index < -0.39 is 0 Å². The van der Waals surface area contributed by atoms with Gasteiger partial charge in [0, 0.05) is 13.1 Å². The van der Waals surface area contributed by atoms with Gasteiger partial charge in [0.05, 0.1) is 25.6 Å². The Kier molecular flexibility index (Phi) is 4.13. The number of benzene rings is 2. The van der Waals surface area contributed by atoms with Crippen molar-refractivity contribution in [2.45, 2.75) is 0 Å². The molecule has 100 valence electrons. The van der Waals surface area contributed by atoms with E-state index in [2.05, 4.69) is 5.43 Å². The standard InChI is InChI=1S/C15H18N2O2/c1-17(13-7-5-4-6-8-13)16-12-9-10-14(18-2)15(11-12)19-3/h4-11,16H,1-3H3. The fraction of sp³-hybridized carbons (Fsp3) is 0.200. The van der Waals surface area contributed by atoms with Crippen molar-refractivity contribution in [2.24, 2.45) is 0 Å². The SMILES string of the molecule is COc1ccc(NN(C)c2ccccc2)cc1OC. The van der Waals surface area contributed by atoms with Gasteiger partial charge in [0.1, 0.15) is 0 Å². The van der Waals surface area contributed by atoms with Crippen LogP contribution in [0.2, 0.25) is 0 Å². The summed E-state index contributed by atoms with van der Waals surface area (Å²) in [5.41, 5.74) is 5.30. The van der Waals surface area contributed by atoms with Gasteiger partial charge in [-0.15, -0.1) is 0 Å². The molecule has 0 atom stereocenters. The van der Waals surface area contributed by atoms with Crippen molar-refractivity contribution in [1.29, 1.82) is 0 Å². The number of ether oxygens (including phenoxy) is 2. The number of nitrogens with one attached hydrogen (secondary N) is 1. The molecule has 0 amide bonds. The Morgan fingerprint density at radius 3 is 2.21 bits per heavy atom. The minimum atomic E-state index is 0.703. The zero-order valence-electron chi connectivity index (χ0n) is 11.4. The van der Waals surface area contributed by atoms with Gasteiger partial charge in [0.25, 0.3) is 0 Å². The number of hydrazine groups is 1. The Morgan fingerprint density at radius 1 is 0.895 bits per heavy atom. The predicted molar refractivity (Wildman–Crippen MR) is 78.0 cm³/mol. The summed E-state index contributed by atoms with van der Waals surface area (Å²) >= 11 is 0. The fourth-order valence-electron chi connectivity index (χ4n) is 1.82. The lowest BCUT2D eigenvalue weighted by atomic mass is 10.3. The van der Waals surface area contributed by atoms with Crippen LogP contribution in [0, 0.1) is 0 Å². The van der Waals surface area contributed by atoms with Crippen LogP contribution in [0.4, 0.5) is 11.4 Å². The molecule has 0 aliphatic heterocycles. The third kappa shape index (κ3) is 3.10. The molecule has 2 aromatic rings. The van der Waals surface area contributed by atoms with E-state index in [1.807, 2.05) is 60.6 Å². The molecule has 0 unspecified atom stereocenters. The van der Waals surface area contributed by atoms with Crippen LogP contribution in [0.15, 0.2) is 48.5 Å². The molecule has 0 heterocycles. The quantitative estimate of drug-likeness (QED) is 0.835. The van der Waals surface area contributed by atoms with Gasteiger partial charge >= 0.3 is 0 Å². The molecule has 0 aromatic heterocycles. The van der Waals surface area contributed by atoms with Crippen LogP contribution in [-0.4, -0.2) is 21.3 Å². The molecule has 0 radical (unpaired) electrons. The van der Waals surface area contributed by atoms with E-state index in [4.69, 9.17) is 9.47 Å². The van der Waals surface area contributed by atoms with Crippen LogP contribution in [0.3, 0.4) is 0 Å². The maximum atomic E-state index is 5.28. The summed E-state index contributed by atoms with van der Waals surface area (Å²) in [7, 11) is 5.22. The van der Waals surface area contributed by atoms with Crippen molar-refractivity contribution < 1.29 is 9.47 Å². The Labute approximate surface area is 113 Å². The van der Waals surface area contributed by atoms with Gasteiger partial charge in [-0.05, 0) is 24.3 Å². The summed E-state index contributed by atoms with van der Waals surface area (Å²) in [4.78, 5) is 0. The van der Waals surface area contributed by atoms with Gasteiger partial charge in [0.15, 0.2) is 11.5 Å². The van der Waals surface area contributed by atoms with Gasteiger partial charge in [-0.1, -0.05) is 18.2 Å². The highest BCUT2D eigenvalue weighted by Gasteiger charge is 2.06. The Balaban J connectivity index is 2.15. The predicted octanol–water partition coefficient (Wildman–Crippen LogP) is 3.17. The van der Waals surface area contributed by atoms with Gasteiger partial charge in [-0.25, -0.2) is 0 Å². The second-order valence-electron chi connectivity index (χ2n) is 4.08. The molecule has 4 nitrogen and oxygen atoms in total. The lowest BCUT2D eigenvalue weighted by molar-refractivity contribution is 0.355. The van der Waals surface area contributed by atoms with Crippen LogP contribution < -0.4 is 19.9 Å². The van der Waals surface area contributed by atoms with Crippen LogP contribution >= 0.6 is 0 Å². The summed E-state index contributed by atoms with van der Waals surface area (Å²) in [5.74, 6) is 1.42. The van der Waals surface area contributed by atoms with Gasteiger partial charge < -0.3 is 9.47 Å². The number of nitrogens with zero attached hydrogens (tertiary/aromatic N) is 1. The van der Waals surface area contributed by atoms with E-state index in [-0.39, 0.29) is 0 Å². The molecule has 0 saturated heterocycles. The highest BCUT2D eigenvalue weighted by Crippen LogP contribution is 2.30. The lowest BCUT2D eigenvalue weighted by Crippen LogP contribution is -2.24. The average molecular weight is 258 g/mol. The number of para-hydroxylation sites is 1. The third-order valence-electron chi connectivity index (χ3n) is 2.82. The zero-order chi connectivity index (χ0) is 13.7. The van der Waals surface area contributed by atoms with Gasteiger partial charge in [-0.2, -0.15) is 0 Å². The fourth-order valence-corrected chi connectivity index (χ4v) is 1.82. The monoisotopic (exact) mass is 258 g/mol. The summed E-state index contributed by atoms with van der Waals surface area (Å²) in [6.07, 6.45) is 0. The number of methoxy groups -OCH3 is 2. The number of anilines is 2. The first kappa shape index (κ1) is 13.1. The first-order chi connectivity index (χ1) is 9.24. The molecule has 4 heteroatoms. The molecule has 0 saturated carbocycles. The highest BCUT2D eigenvalue weighted by molar-refractivity contribution is 5.59. The second-order valence-corrected chi connectivity index (χ2v) is 4.08. The van der Waals surface area contributed by atoms with E-state index in [1.54, 1.807) is 14.2 Å². The molecule has 19 heavy (non-hydrogen) atoms. The van der Waals surface area contributed by atoms with Crippen molar-refractivity contribution >= 4 is 11.4 Å². The topological polar surface area (TPSA) is 33.7 Å². The molecule has 0 spiro atoms. The van der Waals surface area contributed by atoms with Crippen molar-refractivity contribution in [1.82, 2.24) is 0 Å². The van der Waals surface area contributed by atoms with E-state index in [1.165, 1.54) is 0 Å². The van der Waals surface area contributed by atoms with Crippen molar-refractivity contribution in [3.05, 3.63) is 48.5 Å². The maximum Gasteiger partial charge on any atom is 0.162 e. The van der Waals surface area contributed by atoms with E-state index in [0.717, 1.165) is 17.1 Å². The minimum absolute atomic E-state index is 0.703. The number of hydrogen-bond donors (Lipinski definition) is 1. The highest BCUT2D eigenvalue weighted by atomic mass is 16.5. The number of rotatable bonds is 5. The number of hydrogen-bond acceptors (Lipinski definition) is 4. The van der Waals surface area contributed by atoms with Crippen molar-refractivity contribution in [2.75, 3.05) is 31.7 Å². The van der Waals surface area contributed by atoms with Gasteiger partial charge in [-0.3, -0.25) is 10.4 Å². The van der Waals surface area contributed by atoms with Crippen LogP contribution in [0.25, 0.3) is 0 Å². The molecular formula is C15H18N2O2. The molecular weight excluding hydrogens is 240 g/mol. The lowest BCUT2D eigenvalue weighted by Gasteiger charge is -2.22. The largest absolute Gasteiger partial charge is 0.493 e. The maximum absolute atomic E-state index is 5.28. The smallest absolute Gasteiger partial charge is 0.162 e. The molecule has 0 fully saturated rings. The summed E-state index contributed by atoms with van der Waals surface area (Å²) in [6, 6.07) is 15.8. The first-order valence-corrected chi connectivity index (χ1v) is 6.02. The summed E-state index contributed by atoms with van der Waals surface area (Å²) < 4.78 is 10.5. The minimum Gasteiger partial charge on any atom is -0.493 e. The van der Waals surface area contributed by atoms with E-state index in [0.29, 0.717) is 5.75 Å². The Hall–Kier alpha value is -2.36. The third-order valence-corrected chi connectivity index (χ3v) is 2.82. The summed E-state index contributed by atoms with van der Waals surface area (Å²) in [5, 5.41) is 1.95. The van der Waals surface area contributed by atoms with E-state index >= 15 is 0 Å². The molecule has 0 aliphatic rings. The zero-order valence-corrected chi connectivity index (χ0v) is 11.4. The molecule has 0 bridgehead atoms. The first-order valence-electron chi connectivity index (χ1n) is 6.02. The molecule has 2 aromatic carbocycles. The molecule has 2 rings (SSSR count). The van der Waals surface area contributed by atoms with Crippen LogP contribution in [-0.2, 0) is 0 Å². The van der Waals surface area contributed by atoms with Crippen LogP contribution in [0.5, 0.6) is 11.5 Å². The summed E-state index contributed by atoms with van der Waals surface area (Å²) in [6.45, 7) is 0. The molecule has 1 N–H and O–H groups in total. The second kappa shape index (κ2) is 6.00. The normalized spacial score (nSPS) is 9.84. The van der Waals surface area contributed by atoms with Crippen molar-refractivity contribution in [3.63, 3.8) is 0 Å².